The standard InChI is InChI=1S/C13H11ClIN3S/c14-12-4-2-9(19-12)5-6-18-11-3-1-8(15)7-10(11)17-13(18)16/h1-4,7H,5-6H2,(H2,16,17). The molecular weight excluding hydrogens is 393 g/mol. The van der Waals surface area contributed by atoms with E-state index in [4.69, 9.17) is 17.3 Å². The molecule has 0 fully saturated rings. The number of aryl methyl sites for hydroxylation is 2. The van der Waals surface area contributed by atoms with Crippen LogP contribution in [0.1, 0.15) is 4.88 Å². The van der Waals surface area contributed by atoms with Crippen molar-refractivity contribution in [2.24, 2.45) is 0 Å². The van der Waals surface area contributed by atoms with E-state index in [9.17, 15) is 0 Å². The normalized spacial score (nSPS) is 11.3. The molecule has 98 valence electrons. The van der Waals surface area contributed by atoms with Gasteiger partial charge in [0, 0.05) is 15.0 Å². The molecule has 0 atom stereocenters. The van der Waals surface area contributed by atoms with Crippen LogP contribution in [-0.4, -0.2) is 9.55 Å². The maximum Gasteiger partial charge on any atom is 0.201 e. The second kappa shape index (κ2) is 5.30. The van der Waals surface area contributed by atoms with Gasteiger partial charge in [0.05, 0.1) is 15.4 Å². The van der Waals surface area contributed by atoms with Crippen molar-refractivity contribution < 1.29 is 0 Å². The highest BCUT2D eigenvalue weighted by atomic mass is 127. The smallest absolute Gasteiger partial charge is 0.201 e. The molecule has 2 heterocycles. The Bertz CT molecular complexity index is 735. The molecule has 3 rings (SSSR count). The van der Waals surface area contributed by atoms with Crippen LogP contribution in [0.5, 0.6) is 0 Å². The van der Waals surface area contributed by atoms with Gasteiger partial charge >= 0.3 is 0 Å². The Labute approximate surface area is 133 Å². The Kier molecular flexibility index (Phi) is 3.68. The Morgan fingerprint density at radius 3 is 2.89 bits per heavy atom. The van der Waals surface area contributed by atoms with Crippen molar-refractivity contribution in [3.8, 4) is 0 Å². The van der Waals surface area contributed by atoms with Crippen LogP contribution in [0.2, 0.25) is 4.34 Å². The molecule has 6 heteroatoms. The molecule has 1 aromatic carbocycles. The third-order valence-electron chi connectivity index (χ3n) is 2.95. The van der Waals surface area contributed by atoms with Crippen LogP contribution < -0.4 is 5.73 Å². The van der Waals surface area contributed by atoms with Crippen molar-refractivity contribution in [1.29, 1.82) is 0 Å². The number of rotatable bonds is 3. The Morgan fingerprint density at radius 1 is 1.32 bits per heavy atom. The first-order chi connectivity index (χ1) is 9.13. The molecule has 0 aliphatic rings. The van der Waals surface area contributed by atoms with Gasteiger partial charge in [-0.25, -0.2) is 4.98 Å². The molecule has 0 saturated heterocycles. The highest BCUT2D eigenvalue weighted by Gasteiger charge is 2.09. The Balaban J connectivity index is 1.90. The van der Waals surface area contributed by atoms with Gasteiger partial charge in [0.1, 0.15) is 0 Å². The van der Waals surface area contributed by atoms with E-state index in [-0.39, 0.29) is 0 Å². The number of imidazole rings is 1. The van der Waals surface area contributed by atoms with Crippen LogP contribution in [0.3, 0.4) is 0 Å². The zero-order valence-corrected chi connectivity index (χ0v) is 13.7. The average Bonchev–Trinajstić information content (AvgIpc) is 2.89. The van der Waals surface area contributed by atoms with Crippen molar-refractivity contribution in [3.05, 3.63) is 43.1 Å². The fourth-order valence-corrected chi connectivity index (χ4v) is 3.62. The summed E-state index contributed by atoms with van der Waals surface area (Å²) in [5.41, 5.74) is 8.04. The molecule has 0 unspecified atom stereocenters. The number of aromatic nitrogens is 2. The molecular formula is C13H11ClIN3S. The molecule has 3 aromatic rings. The summed E-state index contributed by atoms with van der Waals surface area (Å²) in [6.07, 6.45) is 0.916. The van der Waals surface area contributed by atoms with E-state index in [0.717, 1.165) is 28.3 Å². The first-order valence-electron chi connectivity index (χ1n) is 5.79. The van der Waals surface area contributed by atoms with Gasteiger partial charge in [-0.2, -0.15) is 0 Å². The predicted molar refractivity (Wildman–Crippen MR) is 89.9 cm³/mol. The van der Waals surface area contributed by atoms with Crippen molar-refractivity contribution in [2.45, 2.75) is 13.0 Å². The Morgan fingerprint density at radius 2 is 2.16 bits per heavy atom. The van der Waals surface area contributed by atoms with Crippen molar-refractivity contribution >= 4 is 62.5 Å². The molecule has 0 radical (unpaired) electrons. The molecule has 0 aliphatic carbocycles. The summed E-state index contributed by atoms with van der Waals surface area (Å²) < 4.78 is 4.05. The summed E-state index contributed by atoms with van der Waals surface area (Å²) in [6, 6.07) is 10.2. The van der Waals surface area contributed by atoms with E-state index in [0.29, 0.717) is 5.95 Å². The molecule has 0 aliphatic heterocycles. The maximum absolute atomic E-state index is 6.00. The van der Waals surface area contributed by atoms with Gasteiger partial charge in [-0.1, -0.05) is 11.6 Å². The molecule has 0 amide bonds. The quantitative estimate of drug-likeness (QED) is 0.667. The van der Waals surface area contributed by atoms with Gasteiger partial charge in [0.2, 0.25) is 5.95 Å². The van der Waals surface area contributed by atoms with Crippen LogP contribution in [0.4, 0.5) is 5.95 Å². The van der Waals surface area contributed by atoms with Gasteiger partial charge in [-0.05, 0) is 59.3 Å². The highest BCUT2D eigenvalue weighted by molar-refractivity contribution is 14.1. The van der Waals surface area contributed by atoms with E-state index >= 15 is 0 Å². The van der Waals surface area contributed by atoms with Crippen LogP contribution in [0, 0.1) is 3.57 Å². The summed E-state index contributed by atoms with van der Waals surface area (Å²) in [6.45, 7) is 0.819. The molecule has 0 bridgehead atoms. The van der Waals surface area contributed by atoms with Crippen LogP contribution >= 0.6 is 45.5 Å². The summed E-state index contributed by atoms with van der Waals surface area (Å²) >= 11 is 9.83. The van der Waals surface area contributed by atoms with E-state index in [1.54, 1.807) is 11.3 Å². The van der Waals surface area contributed by atoms with E-state index in [2.05, 4.69) is 50.3 Å². The van der Waals surface area contributed by atoms with Crippen molar-refractivity contribution in [3.63, 3.8) is 0 Å². The fraction of sp³-hybridized carbons (Fsp3) is 0.154. The number of halogens is 2. The number of nitrogens with two attached hydrogens (primary N) is 1. The third kappa shape index (κ3) is 2.73. The average molecular weight is 404 g/mol. The summed E-state index contributed by atoms with van der Waals surface area (Å²) in [5, 5.41) is 0. The van der Waals surface area contributed by atoms with Crippen LogP contribution in [0.25, 0.3) is 11.0 Å². The van der Waals surface area contributed by atoms with E-state index < -0.39 is 0 Å². The third-order valence-corrected chi connectivity index (χ3v) is 4.91. The number of hydrogen-bond acceptors (Lipinski definition) is 3. The maximum atomic E-state index is 6.00. The van der Waals surface area contributed by atoms with Crippen LogP contribution in [-0.2, 0) is 13.0 Å². The number of nitrogen functional groups attached to an aromatic ring is 1. The number of benzene rings is 1. The number of fused-ring (bicyclic) bond motifs is 1. The number of anilines is 1. The summed E-state index contributed by atoms with van der Waals surface area (Å²) in [5.74, 6) is 0.569. The number of hydrogen-bond donors (Lipinski definition) is 1. The second-order valence-corrected chi connectivity index (χ2v) is 7.26. The monoisotopic (exact) mass is 403 g/mol. The molecule has 0 saturated carbocycles. The molecule has 2 N–H and O–H groups in total. The van der Waals surface area contributed by atoms with Gasteiger partial charge in [-0.15, -0.1) is 11.3 Å². The lowest BCUT2D eigenvalue weighted by Gasteiger charge is -2.05. The zero-order chi connectivity index (χ0) is 13.4. The summed E-state index contributed by atoms with van der Waals surface area (Å²) in [7, 11) is 0. The van der Waals surface area contributed by atoms with Gasteiger partial charge < -0.3 is 10.3 Å². The minimum absolute atomic E-state index is 0.569. The van der Waals surface area contributed by atoms with Gasteiger partial charge in [-0.3, -0.25) is 0 Å². The molecule has 2 aromatic heterocycles. The predicted octanol–water partition coefficient (Wildman–Crippen LogP) is 4.18. The molecule has 19 heavy (non-hydrogen) atoms. The van der Waals surface area contributed by atoms with Gasteiger partial charge in [0.15, 0.2) is 0 Å². The van der Waals surface area contributed by atoms with Crippen molar-refractivity contribution in [2.75, 3.05) is 5.73 Å². The second-order valence-electron chi connectivity index (χ2n) is 4.21. The van der Waals surface area contributed by atoms with Crippen LogP contribution in [0.15, 0.2) is 30.3 Å². The minimum atomic E-state index is 0.569. The lowest BCUT2D eigenvalue weighted by atomic mass is 10.3. The first kappa shape index (κ1) is 13.2. The number of thiophene rings is 1. The molecule has 0 spiro atoms. The van der Waals surface area contributed by atoms with E-state index in [1.807, 2.05) is 12.1 Å². The Hall–Kier alpha value is -0.790. The largest absolute Gasteiger partial charge is 0.369 e. The van der Waals surface area contributed by atoms with E-state index in [1.165, 1.54) is 8.45 Å². The SMILES string of the molecule is Nc1nc2cc(I)ccc2n1CCc1ccc(Cl)s1. The summed E-state index contributed by atoms with van der Waals surface area (Å²) in [4.78, 5) is 5.67. The topological polar surface area (TPSA) is 43.8 Å². The lowest BCUT2D eigenvalue weighted by Crippen LogP contribution is -2.05. The molecule has 3 nitrogen and oxygen atoms in total. The lowest BCUT2D eigenvalue weighted by molar-refractivity contribution is 0.733. The zero-order valence-electron chi connectivity index (χ0n) is 9.94. The van der Waals surface area contributed by atoms with Crippen molar-refractivity contribution in [1.82, 2.24) is 9.55 Å². The number of nitrogens with zero attached hydrogens (tertiary/aromatic N) is 2. The van der Waals surface area contributed by atoms with Gasteiger partial charge in [0.25, 0.3) is 0 Å². The minimum Gasteiger partial charge on any atom is -0.369 e. The first-order valence-corrected chi connectivity index (χ1v) is 8.06. The fourth-order valence-electron chi connectivity index (χ4n) is 2.06. The highest BCUT2D eigenvalue weighted by Crippen LogP contribution is 2.24.